The molecular formula is C14H17NO3. The van der Waals surface area contributed by atoms with Gasteiger partial charge in [0.1, 0.15) is 5.75 Å². The lowest BCUT2D eigenvalue weighted by molar-refractivity contribution is -0.140. The molecule has 1 N–H and O–H groups in total. The third kappa shape index (κ3) is 2.71. The number of ether oxygens (including phenoxy) is 1. The lowest BCUT2D eigenvalue weighted by Gasteiger charge is -2.26. The van der Waals surface area contributed by atoms with E-state index in [2.05, 4.69) is 0 Å². The van der Waals surface area contributed by atoms with Crippen molar-refractivity contribution in [2.75, 3.05) is 20.2 Å². The van der Waals surface area contributed by atoms with Gasteiger partial charge < -0.3 is 14.7 Å². The van der Waals surface area contributed by atoms with Gasteiger partial charge in [0.2, 0.25) is 0 Å². The van der Waals surface area contributed by atoms with Crippen LogP contribution in [0.3, 0.4) is 0 Å². The van der Waals surface area contributed by atoms with Gasteiger partial charge in [-0.1, -0.05) is 24.3 Å². The second kappa shape index (κ2) is 5.69. The van der Waals surface area contributed by atoms with Crippen LogP contribution in [0, 0.1) is 0 Å². The van der Waals surface area contributed by atoms with Crippen LogP contribution in [0.15, 0.2) is 36.4 Å². The Balaban J connectivity index is 2.11. The summed E-state index contributed by atoms with van der Waals surface area (Å²) in [5, 5.41) is 10.1. The Morgan fingerprint density at radius 3 is 2.94 bits per heavy atom. The molecule has 0 radical (unpaired) electrons. The minimum atomic E-state index is -1.12. The van der Waals surface area contributed by atoms with Gasteiger partial charge in [-0.05, 0) is 24.1 Å². The van der Waals surface area contributed by atoms with Gasteiger partial charge in [-0.3, -0.25) is 4.79 Å². The smallest absolute Gasteiger partial charge is 0.256 e. The standard InChI is InChI=1S/C14H17NO3/c1-18-12-7-5-6-11(10-12)13(16)14(17)15-8-3-2-4-9-15/h2-3,5-7,10,13,16H,4,8-9H2,1H3. The number of aliphatic hydroxyl groups is 1. The maximum atomic E-state index is 12.1. The van der Waals surface area contributed by atoms with Crippen molar-refractivity contribution in [2.24, 2.45) is 0 Å². The maximum Gasteiger partial charge on any atom is 0.256 e. The van der Waals surface area contributed by atoms with Gasteiger partial charge in [0, 0.05) is 13.1 Å². The van der Waals surface area contributed by atoms with Crippen molar-refractivity contribution < 1.29 is 14.6 Å². The summed E-state index contributed by atoms with van der Waals surface area (Å²) < 4.78 is 5.08. The van der Waals surface area contributed by atoms with E-state index in [1.54, 1.807) is 36.3 Å². The molecule has 1 aromatic rings. The van der Waals surface area contributed by atoms with E-state index in [1.807, 2.05) is 12.2 Å². The molecule has 4 heteroatoms. The molecule has 0 spiro atoms. The Kier molecular flexibility index (Phi) is 3.99. The summed E-state index contributed by atoms with van der Waals surface area (Å²) in [6.07, 6.45) is 3.71. The van der Waals surface area contributed by atoms with E-state index in [4.69, 9.17) is 4.74 Å². The molecule has 0 bridgehead atoms. The second-order valence-corrected chi connectivity index (χ2v) is 4.22. The lowest BCUT2D eigenvalue weighted by Crippen LogP contribution is -2.37. The van der Waals surface area contributed by atoms with Crippen LogP contribution in [0.25, 0.3) is 0 Å². The molecule has 1 aliphatic heterocycles. The first-order chi connectivity index (χ1) is 8.72. The fourth-order valence-corrected chi connectivity index (χ4v) is 1.97. The molecule has 1 atom stereocenters. The highest BCUT2D eigenvalue weighted by molar-refractivity contribution is 5.82. The van der Waals surface area contributed by atoms with E-state index < -0.39 is 6.10 Å². The van der Waals surface area contributed by atoms with Crippen LogP contribution in [0.1, 0.15) is 18.1 Å². The number of hydrogen-bond donors (Lipinski definition) is 1. The number of carbonyl (C=O) groups is 1. The van der Waals surface area contributed by atoms with E-state index in [9.17, 15) is 9.90 Å². The molecule has 4 nitrogen and oxygen atoms in total. The van der Waals surface area contributed by atoms with Crippen molar-refractivity contribution in [3.05, 3.63) is 42.0 Å². The van der Waals surface area contributed by atoms with Crippen molar-refractivity contribution in [3.8, 4) is 5.75 Å². The van der Waals surface area contributed by atoms with Crippen LogP contribution < -0.4 is 4.74 Å². The van der Waals surface area contributed by atoms with E-state index in [-0.39, 0.29) is 5.91 Å². The number of rotatable bonds is 3. The van der Waals surface area contributed by atoms with Crippen LogP contribution in [0.5, 0.6) is 5.75 Å². The van der Waals surface area contributed by atoms with E-state index >= 15 is 0 Å². The Morgan fingerprint density at radius 1 is 1.44 bits per heavy atom. The molecule has 0 saturated carbocycles. The van der Waals surface area contributed by atoms with Crippen molar-refractivity contribution in [2.45, 2.75) is 12.5 Å². The Morgan fingerprint density at radius 2 is 2.28 bits per heavy atom. The van der Waals surface area contributed by atoms with E-state index in [0.717, 1.165) is 6.42 Å². The molecule has 2 rings (SSSR count). The van der Waals surface area contributed by atoms with Gasteiger partial charge in [0.15, 0.2) is 6.10 Å². The fraction of sp³-hybridized carbons (Fsp3) is 0.357. The second-order valence-electron chi connectivity index (χ2n) is 4.22. The highest BCUT2D eigenvalue weighted by Gasteiger charge is 2.23. The van der Waals surface area contributed by atoms with E-state index in [1.165, 1.54) is 0 Å². The van der Waals surface area contributed by atoms with Crippen molar-refractivity contribution in [1.29, 1.82) is 0 Å². The molecule has 0 fully saturated rings. The highest BCUT2D eigenvalue weighted by Crippen LogP contribution is 2.21. The Labute approximate surface area is 106 Å². The van der Waals surface area contributed by atoms with Gasteiger partial charge in [0.05, 0.1) is 7.11 Å². The first kappa shape index (κ1) is 12.6. The largest absolute Gasteiger partial charge is 0.497 e. The lowest BCUT2D eigenvalue weighted by atomic mass is 10.1. The number of benzene rings is 1. The van der Waals surface area contributed by atoms with Gasteiger partial charge in [-0.15, -0.1) is 0 Å². The van der Waals surface area contributed by atoms with Crippen LogP contribution in [-0.2, 0) is 4.79 Å². The summed E-state index contributed by atoms with van der Waals surface area (Å²) in [5.74, 6) is 0.380. The molecule has 0 saturated heterocycles. The van der Waals surface area contributed by atoms with Crippen molar-refractivity contribution in [3.63, 3.8) is 0 Å². The SMILES string of the molecule is COc1cccc(C(O)C(=O)N2CC=CCC2)c1. The minimum Gasteiger partial charge on any atom is -0.497 e. The summed E-state index contributed by atoms with van der Waals surface area (Å²) in [6, 6.07) is 6.96. The predicted octanol–water partition coefficient (Wildman–Crippen LogP) is 1.52. The molecule has 1 unspecified atom stereocenters. The third-order valence-electron chi connectivity index (χ3n) is 3.01. The van der Waals surface area contributed by atoms with Crippen LogP contribution in [0.2, 0.25) is 0 Å². The topological polar surface area (TPSA) is 49.8 Å². The number of methoxy groups -OCH3 is 1. The molecule has 1 aliphatic rings. The molecule has 0 aromatic heterocycles. The summed E-state index contributed by atoms with van der Waals surface area (Å²) in [6.45, 7) is 1.23. The van der Waals surface area contributed by atoms with Gasteiger partial charge in [-0.2, -0.15) is 0 Å². The van der Waals surface area contributed by atoms with Crippen LogP contribution in [0.4, 0.5) is 0 Å². The summed E-state index contributed by atoms with van der Waals surface area (Å²) in [7, 11) is 1.56. The molecule has 96 valence electrons. The number of hydrogen-bond acceptors (Lipinski definition) is 3. The van der Waals surface area contributed by atoms with Gasteiger partial charge in [-0.25, -0.2) is 0 Å². The monoisotopic (exact) mass is 247 g/mol. The molecule has 1 amide bonds. The minimum absolute atomic E-state index is 0.257. The zero-order valence-electron chi connectivity index (χ0n) is 10.4. The molecule has 1 aromatic carbocycles. The number of aliphatic hydroxyl groups excluding tert-OH is 1. The number of nitrogens with zero attached hydrogens (tertiary/aromatic N) is 1. The molecule has 1 heterocycles. The average molecular weight is 247 g/mol. The average Bonchev–Trinajstić information content (AvgIpc) is 2.46. The Hall–Kier alpha value is -1.81. The zero-order chi connectivity index (χ0) is 13.0. The Bertz CT molecular complexity index is 456. The number of carbonyl (C=O) groups excluding carboxylic acids is 1. The zero-order valence-corrected chi connectivity index (χ0v) is 10.4. The maximum absolute atomic E-state index is 12.1. The van der Waals surface area contributed by atoms with Gasteiger partial charge in [0.25, 0.3) is 5.91 Å². The van der Waals surface area contributed by atoms with Crippen molar-refractivity contribution in [1.82, 2.24) is 4.90 Å². The quantitative estimate of drug-likeness (QED) is 0.824. The summed E-state index contributed by atoms with van der Waals surface area (Å²) >= 11 is 0. The summed E-state index contributed by atoms with van der Waals surface area (Å²) in [5.41, 5.74) is 0.564. The first-order valence-electron chi connectivity index (χ1n) is 5.98. The first-order valence-corrected chi connectivity index (χ1v) is 5.98. The molecular weight excluding hydrogens is 230 g/mol. The fourth-order valence-electron chi connectivity index (χ4n) is 1.97. The molecule has 18 heavy (non-hydrogen) atoms. The van der Waals surface area contributed by atoms with Gasteiger partial charge >= 0.3 is 0 Å². The molecule has 0 aliphatic carbocycles. The summed E-state index contributed by atoms with van der Waals surface area (Å²) in [4.78, 5) is 13.8. The normalized spacial score (nSPS) is 16.4. The third-order valence-corrected chi connectivity index (χ3v) is 3.01. The van der Waals surface area contributed by atoms with Crippen LogP contribution in [-0.4, -0.2) is 36.1 Å². The number of amides is 1. The van der Waals surface area contributed by atoms with Crippen molar-refractivity contribution >= 4 is 5.91 Å². The van der Waals surface area contributed by atoms with E-state index in [0.29, 0.717) is 24.4 Å². The highest BCUT2D eigenvalue weighted by atomic mass is 16.5. The predicted molar refractivity (Wildman–Crippen MR) is 68.3 cm³/mol. The van der Waals surface area contributed by atoms with Crippen LogP contribution >= 0.6 is 0 Å².